The van der Waals surface area contributed by atoms with E-state index in [0.717, 1.165) is 18.7 Å². The highest BCUT2D eigenvalue weighted by molar-refractivity contribution is 7.90. The highest BCUT2D eigenvalue weighted by atomic mass is 32.2. The third kappa shape index (κ3) is 2.33. The standard InChI is InChI=1S/C8H13N3O2S/c12-14(13,7-1-2-7)11-4-3-8-9-5-6-10-8/h5-7,11H,1-4H2,(H,9,10). The summed E-state index contributed by atoms with van der Waals surface area (Å²) in [5.41, 5.74) is 0. The first-order valence-electron chi connectivity index (χ1n) is 4.65. The molecule has 2 N–H and O–H groups in total. The molecule has 78 valence electrons. The molecule has 0 saturated heterocycles. The van der Waals surface area contributed by atoms with Crippen LogP contribution in [0.15, 0.2) is 12.4 Å². The van der Waals surface area contributed by atoms with Gasteiger partial charge in [0.15, 0.2) is 0 Å². The van der Waals surface area contributed by atoms with Crippen LogP contribution in [0.1, 0.15) is 18.7 Å². The monoisotopic (exact) mass is 215 g/mol. The average Bonchev–Trinajstić information content (AvgIpc) is 2.87. The van der Waals surface area contributed by atoms with Gasteiger partial charge >= 0.3 is 0 Å². The Labute approximate surface area is 83.0 Å². The molecule has 6 heteroatoms. The number of aromatic amines is 1. The molecular weight excluding hydrogens is 202 g/mol. The van der Waals surface area contributed by atoms with Gasteiger partial charge in [-0.2, -0.15) is 0 Å². The van der Waals surface area contributed by atoms with Crippen LogP contribution in [0.2, 0.25) is 0 Å². The first-order chi connectivity index (χ1) is 6.68. The fraction of sp³-hybridized carbons (Fsp3) is 0.625. The van der Waals surface area contributed by atoms with Crippen molar-refractivity contribution >= 4 is 10.0 Å². The third-order valence-electron chi connectivity index (χ3n) is 2.18. The molecule has 14 heavy (non-hydrogen) atoms. The molecule has 0 atom stereocenters. The van der Waals surface area contributed by atoms with E-state index in [1.54, 1.807) is 12.4 Å². The zero-order valence-corrected chi connectivity index (χ0v) is 8.55. The molecular formula is C8H13N3O2S. The van der Waals surface area contributed by atoms with Crippen molar-refractivity contribution in [3.8, 4) is 0 Å². The molecule has 2 rings (SSSR count). The molecule has 1 aliphatic rings. The minimum absolute atomic E-state index is 0.140. The van der Waals surface area contributed by atoms with E-state index in [2.05, 4.69) is 14.7 Å². The molecule has 0 radical (unpaired) electrons. The summed E-state index contributed by atoms with van der Waals surface area (Å²) in [6.07, 6.45) is 5.60. The molecule has 1 aliphatic carbocycles. The van der Waals surface area contributed by atoms with Crippen molar-refractivity contribution in [2.24, 2.45) is 0 Å². The Kier molecular flexibility index (Phi) is 2.56. The molecule has 0 amide bonds. The van der Waals surface area contributed by atoms with E-state index in [1.165, 1.54) is 0 Å². The minimum atomic E-state index is -3.03. The summed E-state index contributed by atoms with van der Waals surface area (Å²) >= 11 is 0. The Morgan fingerprint density at radius 3 is 2.93 bits per heavy atom. The van der Waals surface area contributed by atoms with Gasteiger partial charge in [-0.1, -0.05) is 0 Å². The minimum Gasteiger partial charge on any atom is -0.349 e. The van der Waals surface area contributed by atoms with Crippen molar-refractivity contribution in [2.45, 2.75) is 24.5 Å². The Balaban J connectivity index is 1.78. The smallest absolute Gasteiger partial charge is 0.214 e. The van der Waals surface area contributed by atoms with Crippen molar-refractivity contribution in [1.82, 2.24) is 14.7 Å². The maximum Gasteiger partial charge on any atom is 0.214 e. The van der Waals surface area contributed by atoms with Gasteiger partial charge in [0.1, 0.15) is 5.82 Å². The zero-order valence-electron chi connectivity index (χ0n) is 7.73. The number of nitrogens with one attached hydrogen (secondary N) is 2. The maximum atomic E-state index is 11.4. The second-order valence-corrected chi connectivity index (χ2v) is 5.47. The van der Waals surface area contributed by atoms with Crippen molar-refractivity contribution < 1.29 is 8.42 Å². The fourth-order valence-corrected chi connectivity index (χ4v) is 2.62. The summed E-state index contributed by atoms with van der Waals surface area (Å²) in [5, 5.41) is -0.140. The van der Waals surface area contributed by atoms with Crippen LogP contribution >= 0.6 is 0 Å². The molecule has 5 nitrogen and oxygen atoms in total. The summed E-state index contributed by atoms with van der Waals surface area (Å²) in [6, 6.07) is 0. The van der Waals surface area contributed by atoms with Crippen molar-refractivity contribution in [3.05, 3.63) is 18.2 Å². The zero-order chi connectivity index (χ0) is 10.0. The lowest BCUT2D eigenvalue weighted by atomic mass is 10.4. The third-order valence-corrected chi connectivity index (χ3v) is 4.14. The summed E-state index contributed by atoms with van der Waals surface area (Å²) in [6.45, 7) is 0.423. The van der Waals surface area contributed by atoms with E-state index in [0.29, 0.717) is 13.0 Å². The van der Waals surface area contributed by atoms with Crippen molar-refractivity contribution in [3.63, 3.8) is 0 Å². The second-order valence-electron chi connectivity index (χ2n) is 3.42. The Morgan fingerprint density at radius 2 is 2.36 bits per heavy atom. The molecule has 0 aromatic carbocycles. The van der Waals surface area contributed by atoms with Gasteiger partial charge in [-0.25, -0.2) is 18.1 Å². The second kappa shape index (κ2) is 3.70. The van der Waals surface area contributed by atoms with E-state index in [1.807, 2.05) is 0 Å². The van der Waals surface area contributed by atoms with Gasteiger partial charge in [0.2, 0.25) is 10.0 Å². The maximum absolute atomic E-state index is 11.4. The number of sulfonamides is 1. The first kappa shape index (κ1) is 9.67. The molecule has 1 saturated carbocycles. The number of aromatic nitrogens is 2. The van der Waals surface area contributed by atoms with Crippen LogP contribution < -0.4 is 4.72 Å². The van der Waals surface area contributed by atoms with Crippen LogP contribution in [0.5, 0.6) is 0 Å². The lowest BCUT2D eigenvalue weighted by Gasteiger charge is -2.03. The average molecular weight is 215 g/mol. The lowest BCUT2D eigenvalue weighted by molar-refractivity contribution is 0.579. The van der Waals surface area contributed by atoms with Gasteiger partial charge in [-0.15, -0.1) is 0 Å². The quantitative estimate of drug-likeness (QED) is 0.728. The topological polar surface area (TPSA) is 74.8 Å². The fourth-order valence-electron chi connectivity index (χ4n) is 1.24. The number of hydrogen-bond donors (Lipinski definition) is 2. The molecule has 0 bridgehead atoms. The van der Waals surface area contributed by atoms with E-state index in [-0.39, 0.29) is 5.25 Å². The van der Waals surface area contributed by atoms with Crippen LogP contribution in [-0.2, 0) is 16.4 Å². The van der Waals surface area contributed by atoms with E-state index in [4.69, 9.17) is 0 Å². The summed E-state index contributed by atoms with van der Waals surface area (Å²) in [7, 11) is -3.03. The van der Waals surface area contributed by atoms with Gasteiger partial charge < -0.3 is 4.98 Å². The van der Waals surface area contributed by atoms with Crippen LogP contribution in [0.4, 0.5) is 0 Å². The van der Waals surface area contributed by atoms with Crippen molar-refractivity contribution in [1.29, 1.82) is 0 Å². The Bertz CT molecular complexity index is 381. The van der Waals surface area contributed by atoms with Gasteiger partial charge in [0.05, 0.1) is 5.25 Å². The van der Waals surface area contributed by atoms with Crippen LogP contribution in [-0.4, -0.2) is 30.2 Å². The lowest BCUT2D eigenvalue weighted by Crippen LogP contribution is -2.29. The molecule has 0 spiro atoms. The van der Waals surface area contributed by atoms with Gasteiger partial charge in [0.25, 0.3) is 0 Å². The van der Waals surface area contributed by atoms with Crippen LogP contribution in [0.3, 0.4) is 0 Å². The molecule has 1 aromatic heterocycles. The SMILES string of the molecule is O=S(=O)(NCCc1ncc[nH]1)C1CC1. The van der Waals surface area contributed by atoms with Crippen LogP contribution in [0.25, 0.3) is 0 Å². The van der Waals surface area contributed by atoms with Gasteiger partial charge in [-0.3, -0.25) is 0 Å². The summed E-state index contributed by atoms with van der Waals surface area (Å²) < 4.78 is 25.3. The summed E-state index contributed by atoms with van der Waals surface area (Å²) in [5.74, 6) is 0.809. The predicted octanol–water partition coefficient (Wildman–Crippen LogP) is 0.0340. The van der Waals surface area contributed by atoms with Crippen molar-refractivity contribution in [2.75, 3.05) is 6.54 Å². The molecule has 1 fully saturated rings. The molecule has 1 heterocycles. The first-order valence-corrected chi connectivity index (χ1v) is 6.20. The number of hydrogen-bond acceptors (Lipinski definition) is 3. The Morgan fingerprint density at radius 1 is 1.57 bits per heavy atom. The largest absolute Gasteiger partial charge is 0.349 e. The summed E-state index contributed by atoms with van der Waals surface area (Å²) in [4.78, 5) is 6.93. The molecule has 0 unspecified atom stereocenters. The van der Waals surface area contributed by atoms with Gasteiger partial charge in [0, 0.05) is 25.4 Å². The number of rotatable bonds is 5. The number of imidazole rings is 1. The van der Waals surface area contributed by atoms with E-state index >= 15 is 0 Å². The van der Waals surface area contributed by atoms with Gasteiger partial charge in [-0.05, 0) is 12.8 Å². The van der Waals surface area contributed by atoms with E-state index in [9.17, 15) is 8.42 Å². The van der Waals surface area contributed by atoms with Crippen LogP contribution in [0, 0.1) is 0 Å². The normalized spacial score (nSPS) is 17.1. The molecule has 0 aliphatic heterocycles. The predicted molar refractivity (Wildman–Crippen MR) is 52.2 cm³/mol. The number of nitrogens with zero attached hydrogens (tertiary/aromatic N) is 1. The Hall–Kier alpha value is -0.880. The number of H-pyrrole nitrogens is 1. The van der Waals surface area contributed by atoms with E-state index < -0.39 is 10.0 Å². The molecule has 1 aromatic rings. The highest BCUT2D eigenvalue weighted by Gasteiger charge is 2.35. The highest BCUT2D eigenvalue weighted by Crippen LogP contribution is 2.27.